The van der Waals surface area contributed by atoms with Crippen LogP contribution in [0.5, 0.6) is 0 Å². The molecule has 0 aliphatic heterocycles. The van der Waals surface area contributed by atoms with E-state index in [1.807, 2.05) is 41.5 Å². The highest BCUT2D eigenvalue weighted by molar-refractivity contribution is 5.75. The Kier molecular flexibility index (Phi) is 3.54. The Labute approximate surface area is 81.3 Å². The molecule has 1 N–H and O–H groups in total. The molecule has 0 saturated heterocycles. The van der Waals surface area contributed by atoms with Crippen LogP contribution in [0.25, 0.3) is 0 Å². The van der Waals surface area contributed by atoms with Crippen molar-refractivity contribution in [2.45, 2.75) is 48.0 Å². The van der Waals surface area contributed by atoms with Gasteiger partial charge in [0.25, 0.3) is 0 Å². The lowest BCUT2D eigenvalue weighted by Crippen LogP contribution is -2.45. The number of carboxylic acids is 1. The van der Waals surface area contributed by atoms with Gasteiger partial charge in [-0.1, -0.05) is 34.6 Å². The van der Waals surface area contributed by atoms with E-state index in [0.717, 1.165) is 6.42 Å². The number of carboxylic acid groups (broad SMARTS) is 1. The predicted octanol–water partition coefficient (Wildman–Crippen LogP) is 3.17. The van der Waals surface area contributed by atoms with Crippen molar-refractivity contribution in [1.29, 1.82) is 0 Å². The van der Waals surface area contributed by atoms with Gasteiger partial charge in [0, 0.05) is 0 Å². The molecule has 1 atom stereocenters. The average molecular weight is 186 g/mol. The zero-order chi connectivity index (χ0) is 10.9. The maximum atomic E-state index is 11.3. The van der Waals surface area contributed by atoms with Gasteiger partial charge in [0.15, 0.2) is 0 Å². The van der Waals surface area contributed by atoms with Gasteiger partial charge in [-0.25, -0.2) is 0 Å². The van der Waals surface area contributed by atoms with Gasteiger partial charge in [-0.3, -0.25) is 4.79 Å². The first-order valence-corrected chi connectivity index (χ1v) is 4.93. The van der Waals surface area contributed by atoms with Crippen molar-refractivity contribution in [2.75, 3.05) is 0 Å². The van der Waals surface area contributed by atoms with E-state index in [4.69, 9.17) is 0 Å². The molecule has 0 spiro atoms. The third-order valence-electron chi connectivity index (χ3n) is 3.89. The maximum absolute atomic E-state index is 11.3. The second kappa shape index (κ2) is 3.69. The lowest BCUT2D eigenvalue weighted by molar-refractivity contribution is -0.160. The molecule has 0 aromatic carbocycles. The maximum Gasteiger partial charge on any atom is 0.310 e. The van der Waals surface area contributed by atoms with Gasteiger partial charge in [-0.15, -0.1) is 0 Å². The molecule has 0 radical (unpaired) electrons. The Hall–Kier alpha value is -0.530. The number of rotatable bonds is 4. The van der Waals surface area contributed by atoms with Gasteiger partial charge in [0.1, 0.15) is 0 Å². The summed E-state index contributed by atoms with van der Waals surface area (Å²) < 4.78 is 0. The topological polar surface area (TPSA) is 37.3 Å². The molecule has 0 rings (SSSR count). The van der Waals surface area contributed by atoms with E-state index >= 15 is 0 Å². The van der Waals surface area contributed by atoms with E-state index in [1.165, 1.54) is 0 Å². The van der Waals surface area contributed by atoms with Crippen molar-refractivity contribution < 1.29 is 9.90 Å². The van der Waals surface area contributed by atoms with Crippen LogP contribution in [0.15, 0.2) is 0 Å². The van der Waals surface area contributed by atoms with Crippen LogP contribution in [-0.2, 0) is 4.79 Å². The van der Waals surface area contributed by atoms with E-state index in [1.54, 1.807) is 0 Å². The summed E-state index contributed by atoms with van der Waals surface area (Å²) in [6.07, 6.45) is 0.883. The standard InChI is InChI=1S/C11H22O2/c1-7-10(4,5)11(6,8(2)3)9(12)13/h8H,7H2,1-6H3,(H,12,13). The molecule has 0 amide bonds. The minimum absolute atomic E-state index is 0.153. The van der Waals surface area contributed by atoms with Crippen molar-refractivity contribution in [1.82, 2.24) is 0 Å². The third-order valence-corrected chi connectivity index (χ3v) is 3.89. The van der Waals surface area contributed by atoms with Gasteiger partial charge in [0.05, 0.1) is 5.41 Å². The molecule has 1 unspecified atom stereocenters. The third kappa shape index (κ3) is 1.87. The first-order valence-electron chi connectivity index (χ1n) is 4.93. The molecule has 13 heavy (non-hydrogen) atoms. The number of hydrogen-bond donors (Lipinski definition) is 1. The summed E-state index contributed by atoms with van der Waals surface area (Å²) in [7, 11) is 0. The quantitative estimate of drug-likeness (QED) is 0.732. The van der Waals surface area contributed by atoms with E-state index in [2.05, 4.69) is 0 Å². The second-order valence-electron chi connectivity index (χ2n) is 4.90. The monoisotopic (exact) mass is 186 g/mol. The number of aliphatic carboxylic acids is 1. The van der Waals surface area contributed by atoms with Crippen molar-refractivity contribution >= 4 is 5.97 Å². The zero-order valence-corrected chi connectivity index (χ0v) is 9.64. The van der Waals surface area contributed by atoms with Crippen LogP contribution in [0.2, 0.25) is 0 Å². The minimum Gasteiger partial charge on any atom is -0.481 e. The van der Waals surface area contributed by atoms with Gasteiger partial charge >= 0.3 is 5.97 Å². The van der Waals surface area contributed by atoms with Crippen LogP contribution in [-0.4, -0.2) is 11.1 Å². The van der Waals surface area contributed by atoms with Crippen LogP contribution in [0.4, 0.5) is 0 Å². The van der Waals surface area contributed by atoms with E-state index in [0.29, 0.717) is 0 Å². The van der Waals surface area contributed by atoms with E-state index in [-0.39, 0.29) is 11.3 Å². The molecule has 0 aromatic rings. The van der Waals surface area contributed by atoms with E-state index < -0.39 is 11.4 Å². The summed E-state index contributed by atoms with van der Waals surface area (Å²) in [5.41, 5.74) is -0.797. The first-order chi connectivity index (χ1) is 5.70. The molecule has 0 heterocycles. The Balaban J connectivity index is 5.13. The summed E-state index contributed by atoms with van der Waals surface area (Å²) in [6.45, 7) is 11.9. The summed E-state index contributed by atoms with van der Waals surface area (Å²) in [5, 5.41) is 9.27. The molecule has 0 fully saturated rings. The smallest absolute Gasteiger partial charge is 0.310 e. The van der Waals surface area contributed by atoms with Crippen molar-refractivity contribution in [2.24, 2.45) is 16.7 Å². The lowest BCUT2D eigenvalue weighted by Gasteiger charge is -2.43. The zero-order valence-electron chi connectivity index (χ0n) is 9.64. The molecule has 0 bridgehead atoms. The van der Waals surface area contributed by atoms with Gasteiger partial charge in [-0.05, 0) is 24.7 Å². The average Bonchev–Trinajstić information content (AvgIpc) is 2.01. The molecule has 0 aliphatic rings. The highest BCUT2D eigenvalue weighted by Gasteiger charge is 2.48. The van der Waals surface area contributed by atoms with Crippen LogP contribution in [0.3, 0.4) is 0 Å². The SMILES string of the molecule is CCC(C)(C)C(C)(C(=O)O)C(C)C. The molecular formula is C11H22O2. The van der Waals surface area contributed by atoms with Crippen molar-refractivity contribution in [3.05, 3.63) is 0 Å². The summed E-state index contributed by atoms with van der Waals surface area (Å²) in [4.78, 5) is 11.3. The number of carbonyl (C=O) groups is 1. The van der Waals surface area contributed by atoms with Crippen LogP contribution in [0.1, 0.15) is 48.0 Å². The molecule has 0 aliphatic carbocycles. The normalized spacial score (nSPS) is 17.2. The fourth-order valence-corrected chi connectivity index (χ4v) is 1.69. The summed E-state index contributed by atoms with van der Waals surface area (Å²) in [5.74, 6) is -0.533. The van der Waals surface area contributed by atoms with Gasteiger partial charge < -0.3 is 5.11 Å². The second-order valence-corrected chi connectivity index (χ2v) is 4.90. The predicted molar refractivity (Wildman–Crippen MR) is 54.7 cm³/mol. The molecule has 0 saturated carbocycles. The lowest BCUT2D eigenvalue weighted by atomic mass is 9.60. The van der Waals surface area contributed by atoms with Gasteiger partial charge in [0.2, 0.25) is 0 Å². The first kappa shape index (κ1) is 12.5. The number of hydrogen-bond acceptors (Lipinski definition) is 1. The van der Waals surface area contributed by atoms with E-state index in [9.17, 15) is 9.90 Å². The Morgan fingerprint density at radius 1 is 1.31 bits per heavy atom. The van der Waals surface area contributed by atoms with Crippen LogP contribution >= 0.6 is 0 Å². The Bertz CT molecular complexity index is 194. The molecule has 2 nitrogen and oxygen atoms in total. The Morgan fingerprint density at radius 3 is 1.77 bits per heavy atom. The molecule has 0 aromatic heterocycles. The van der Waals surface area contributed by atoms with Crippen molar-refractivity contribution in [3.8, 4) is 0 Å². The van der Waals surface area contributed by atoms with Crippen molar-refractivity contribution in [3.63, 3.8) is 0 Å². The fourth-order valence-electron chi connectivity index (χ4n) is 1.69. The van der Waals surface area contributed by atoms with Crippen LogP contribution in [0, 0.1) is 16.7 Å². The van der Waals surface area contributed by atoms with Crippen LogP contribution < -0.4 is 0 Å². The molecular weight excluding hydrogens is 164 g/mol. The fraction of sp³-hybridized carbons (Fsp3) is 0.909. The highest BCUT2D eigenvalue weighted by atomic mass is 16.4. The summed E-state index contributed by atoms with van der Waals surface area (Å²) in [6, 6.07) is 0. The Morgan fingerprint density at radius 2 is 1.69 bits per heavy atom. The molecule has 2 heteroatoms. The van der Waals surface area contributed by atoms with Gasteiger partial charge in [-0.2, -0.15) is 0 Å². The molecule has 78 valence electrons. The minimum atomic E-state index is -0.686. The largest absolute Gasteiger partial charge is 0.481 e. The summed E-state index contributed by atoms with van der Waals surface area (Å²) >= 11 is 0. The highest BCUT2D eigenvalue weighted by Crippen LogP contribution is 2.46.